The number of fused-ring (bicyclic) bond motifs is 1. The Morgan fingerprint density at radius 3 is 2.61 bits per heavy atom. The maximum absolute atomic E-state index is 15.2. The van der Waals surface area contributed by atoms with Crippen LogP contribution in [-0.2, 0) is 9.59 Å². The van der Waals surface area contributed by atoms with E-state index in [1.54, 1.807) is 29.3 Å². The number of hydrogen-bond donors (Lipinski definition) is 3. The SMILES string of the molecule is CC(=O)NCC1C[C@@H](c2ccc(N3CCN(C(=O)c4c[nH]c5ccc([N+](=O)[O-])cc45)CC3)c(F)c2)C(=O)N1. The van der Waals surface area contributed by atoms with Crippen LogP contribution in [0.2, 0.25) is 0 Å². The van der Waals surface area contributed by atoms with Crippen LogP contribution in [0.1, 0.15) is 35.2 Å². The topological polar surface area (TPSA) is 141 Å². The molecule has 2 fully saturated rings. The molecule has 0 radical (unpaired) electrons. The average molecular weight is 523 g/mol. The van der Waals surface area contributed by atoms with Crippen molar-refractivity contribution in [1.29, 1.82) is 0 Å². The first-order valence-corrected chi connectivity index (χ1v) is 12.3. The third-order valence-electron chi connectivity index (χ3n) is 7.17. The van der Waals surface area contributed by atoms with Crippen molar-refractivity contribution in [2.24, 2.45) is 0 Å². The van der Waals surface area contributed by atoms with Gasteiger partial charge in [0.1, 0.15) is 5.82 Å². The standard InChI is InChI=1S/C26H27FN6O5/c1-15(34)28-13-17-11-19(25(35)30-17)16-2-5-24(22(27)10-16)31-6-8-32(9-7-31)26(36)21-14-29-23-4-3-18(33(37)38)12-20(21)23/h2-5,10,12,14,17,19,29H,6-9,11,13H2,1H3,(H,28,34)(H,30,35)/t17?,19-/m0/s1. The average Bonchev–Trinajstić information content (AvgIpc) is 3.50. The summed E-state index contributed by atoms with van der Waals surface area (Å²) in [4.78, 5) is 53.9. The monoisotopic (exact) mass is 522 g/mol. The van der Waals surface area contributed by atoms with Gasteiger partial charge < -0.3 is 25.4 Å². The molecule has 3 heterocycles. The Morgan fingerprint density at radius 2 is 1.92 bits per heavy atom. The predicted molar refractivity (Wildman–Crippen MR) is 137 cm³/mol. The number of hydrogen-bond acceptors (Lipinski definition) is 6. The van der Waals surface area contributed by atoms with Crippen molar-refractivity contribution in [2.75, 3.05) is 37.6 Å². The summed E-state index contributed by atoms with van der Waals surface area (Å²) >= 11 is 0. The number of non-ortho nitro benzene ring substituents is 1. The molecule has 38 heavy (non-hydrogen) atoms. The van der Waals surface area contributed by atoms with Crippen molar-refractivity contribution >= 4 is 40.0 Å². The van der Waals surface area contributed by atoms with Gasteiger partial charge in [0.2, 0.25) is 11.8 Å². The van der Waals surface area contributed by atoms with Gasteiger partial charge in [-0.15, -0.1) is 0 Å². The third kappa shape index (κ3) is 4.89. The summed E-state index contributed by atoms with van der Waals surface area (Å²) in [6.45, 7) is 3.28. The van der Waals surface area contributed by atoms with E-state index in [0.29, 0.717) is 66.9 Å². The quantitative estimate of drug-likeness (QED) is 0.335. The van der Waals surface area contributed by atoms with Crippen LogP contribution in [0.5, 0.6) is 0 Å². The number of nitro benzene ring substituents is 1. The lowest BCUT2D eigenvalue weighted by Crippen LogP contribution is -2.49. The molecule has 3 aromatic rings. The van der Waals surface area contributed by atoms with Crippen molar-refractivity contribution < 1.29 is 23.7 Å². The van der Waals surface area contributed by atoms with Gasteiger partial charge in [-0.25, -0.2) is 4.39 Å². The van der Waals surface area contributed by atoms with Gasteiger partial charge in [-0.1, -0.05) is 6.07 Å². The molecule has 3 amide bonds. The zero-order valence-electron chi connectivity index (χ0n) is 20.7. The number of carbonyl (C=O) groups is 3. The second kappa shape index (κ2) is 10.1. The zero-order chi connectivity index (χ0) is 27.0. The largest absolute Gasteiger partial charge is 0.366 e. The molecule has 1 unspecified atom stereocenters. The summed E-state index contributed by atoms with van der Waals surface area (Å²) < 4.78 is 15.2. The molecule has 5 rings (SSSR count). The number of nitro groups is 1. The fourth-order valence-corrected chi connectivity index (χ4v) is 5.16. The molecule has 198 valence electrons. The van der Waals surface area contributed by atoms with E-state index in [1.807, 2.05) is 4.90 Å². The molecule has 12 heteroatoms. The summed E-state index contributed by atoms with van der Waals surface area (Å²) in [6.07, 6.45) is 2.02. The van der Waals surface area contributed by atoms with Gasteiger partial charge in [0, 0.05) is 74.9 Å². The summed E-state index contributed by atoms with van der Waals surface area (Å²) in [7, 11) is 0. The lowest BCUT2D eigenvalue weighted by molar-refractivity contribution is -0.384. The Balaban J connectivity index is 1.23. The first-order valence-electron chi connectivity index (χ1n) is 12.3. The molecule has 2 saturated heterocycles. The fourth-order valence-electron chi connectivity index (χ4n) is 5.16. The molecule has 1 aromatic heterocycles. The second-order valence-electron chi connectivity index (χ2n) is 9.61. The number of piperazine rings is 1. The molecule has 2 atom stereocenters. The second-order valence-corrected chi connectivity index (χ2v) is 9.61. The number of carbonyl (C=O) groups excluding carboxylic acids is 3. The number of anilines is 1. The van der Waals surface area contributed by atoms with E-state index in [1.165, 1.54) is 25.1 Å². The molecule has 0 bridgehead atoms. The molecule has 3 N–H and O–H groups in total. The summed E-state index contributed by atoms with van der Waals surface area (Å²) in [5.41, 5.74) is 1.89. The Hall–Kier alpha value is -4.48. The van der Waals surface area contributed by atoms with E-state index in [9.17, 15) is 24.5 Å². The van der Waals surface area contributed by atoms with E-state index in [4.69, 9.17) is 0 Å². The van der Waals surface area contributed by atoms with Crippen LogP contribution >= 0.6 is 0 Å². The molecule has 0 saturated carbocycles. The Morgan fingerprint density at radius 1 is 1.16 bits per heavy atom. The lowest BCUT2D eigenvalue weighted by Gasteiger charge is -2.36. The van der Waals surface area contributed by atoms with Crippen molar-refractivity contribution in [1.82, 2.24) is 20.5 Å². The number of benzene rings is 2. The molecule has 0 spiro atoms. The van der Waals surface area contributed by atoms with Gasteiger partial charge in [-0.2, -0.15) is 0 Å². The van der Waals surface area contributed by atoms with Crippen LogP contribution in [0, 0.1) is 15.9 Å². The maximum atomic E-state index is 15.2. The van der Waals surface area contributed by atoms with E-state index in [-0.39, 0.29) is 29.5 Å². The summed E-state index contributed by atoms with van der Waals surface area (Å²) in [5, 5.41) is 17.2. The Bertz CT molecular complexity index is 1430. The van der Waals surface area contributed by atoms with Crippen LogP contribution < -0.4 is 15.5 Å². The summed E-state index contributed by atoms with van der Waals surface area (Å²) in [5.74, 6) is -1.54. The predicted octanol–water partition coefficient (Wildman–Crippen LogP) is 2.29. The minimum atomic E-state index is -0.497. The van der Waals surface area contributed by atoms with Crippen LogP contribution in [0.3, 0.4) is 0 Å². The van der Waals surface area contributed by atoms with Crippen LogP contribution in [0.25, 0.3) is 10.9 Å². The highest BCUT2D eigenvalue weighted by Gasteiger charge is 2.34. The number of nitrogens with one attached hydrogen (secondary N) is 3. The number of rotatable bonds is 6. The number of aromatic amines is 1. The first kappa shape index (κ1) is 25.2. The minimum Gasteiger partial charge on any atom is -0.366 e. The smallest absolute Gasteiger partial charge is 0.270 e. The van der Waals surface area contributed by atoms with Gasteiger partial charge in [-0.05, 0) is 30.2 Å². The number of aromatic nitrogens is 1. The Kier molecular flexibility index (Phi) is 6.70. The normalized spacial score (nSPS) is 19.5. The van der Waals surface area contributed by atoms with Crippen LogP contribution in [-0.4, -0.2) is 71.3 Å². The van der Waals surface area contributed by atoms with Crippen molar-refractivity contribution in [2.45, 2.75) is 25.3 Å². The highest BCUT2D eigenvalue weighted by molar-refractivity contribution is 6.07. The number of H-pyrrole nitrogens is 1. The van der Waals surface area contributed by atoms with E-state index < -0.39 is 16.7 Å². The van der Waals surface area contributed by atoms with Crippen LogP contribution in [0.4, 0.5) is 15.8 Å². The Labute approximate surface area is 217 Å². The number of nitrogens with zero attached hydrogens (tertiary/aromatic N) is 3. The molecular formula is C26H27FN6O5. The van der Waals surface area contributed by atoms with E-state index in [0.717, 1.165) is 0 Å². The van der Waals surface area contributed by atoms with E-state index in [2.05, 4.69) is 15.6 Å². The number of halogens is 1. The first-order chi connectivity index (χ1) is 18.2. The molecule has 2 aromatic carbocycles. The maximum Gasteiger partial charge on any atom is 0.270 e. The lowest BCUT2D eigenvalue weighted by atomic mass is 9.95. The zero-order valence-corrected chi connectivity index (χ0v) is 20.7. The van der Waals surface area contributed by atoms with Crippen LogP contribution in [0.15, 0.2) is 42.6 Å². The molecule has 2 aliphatic heterocycles. The third-order valence-corrected chi connectivity index (χ3v) is 7.17. The molecule has 0 aliphatic carbocycles. The van der Waals surface area contributed by atoms with Crippen molar-refractivity contribution in [3.63, 3.8) is 0 Å². The highest BCUT2D eigenvalue weighted by atomic mass is 19.1. The molecule has 2 aliphatic rings. The minimum absolute atomic E-state index is 0.0896. The van der Waals surface area contributed by atoms with Gasteiger partial charge in [-0.3, -0.25) is 24.5 Å². The fraction of sp³-hybridized carbons (Fsp3) is 0.346. The van der Waals surface area contributed by atoms with Crippen molar-refractivity contribution in [3.8, 4) is 0 Å². The van der Waals surface area contributed by atoms with Gasteiger partial charge >= 0.3 is 0 Å². The molecule has 11 nitrogen and oxygen atoms in total. The van der Waals surface area contributed by atoms with Gasteiger partial charge in [0.05, 0.1) is 22.1 Å². The summed E-state index contributed by atoms with van der Waals surface area (Å²) in [6, 6.07) is 8.94. The van der Waals surface area contributed by atoms with E-state index >= 15 is 4.39 Å². The molecular weight excluding hydrogens is 495 g/mol. The highest BCUT2D eigenvalue weighted by Crippen LogP contribution is 2.31. The number of amides is 3. The van der Waals surface area contributed by atoms with Crippen molar-refractivity contribution in [3.05, 3.63) is 69.7 Å². The van der Waals surface area contributed by atoms with Gasteiger partial charge in [0.15, 0.2) is 0 Å². The van der Waals surface area contributed by atoms with Gasteiger partial charge in [0.25, 0.3) is 11.6 Å².